The van der Waals surface area contributed by atoms with Gasteiger partial charge in [-0.3, -0.25) is 4.79 Å². The summed E-state index contributed by atoms with van der Waals surface area (Å²) in [5.74, 6) is 0. The average molecular weight is 209 g/mol. The van der Waals surface area contributed by atoms with Crippen LogP contribution in [0.2, 0.25) is 0 Å². The van der Waals surface area contributed by atoms with E-state index < -0.39 is 0 Å². The fourth-order valence-corrected chi connectivity index (χ4v) is 1.55. The molecule has 2 nitrogen and oxygen atoms in total. The highest BCUT2D eigenvalue weighted by atomic mass is 32.1. The first-order chi connectivity index (χ1) is 6.69. The number of hydrogen-bond acceptors (Lipinski definition) is 2. The Morgan fingerprint density at radius 3 is 2.07 bits per heavy atom. The molecule has 0 N–H and O–H groups in total. The van der Waals surface area contributed by atoms with Gasteiger partial charge in [-0.2, -0.15) is 0 Å². The van der Waals surface area contributed by atoms with Crippen molar-refractivity contribution < 1.29 is 4.79 Å². The summed E-state index contributed by atoms with van der Waals surface area (Å²) in [6.45, 7) is 6.18. The van der Waals surface area contributed by atoms with Gasteiger partial charge in [0.05, 0.1) is 0 Å². The van der Waals surface area contributed by atoms with E-state index in [-0.39, 0.29) is 5.12 Å². The topological polar surface area (TPSA) is 20.3 Å². The molecule has 0 aliphatic rings. The van der Waals surface area contributed by atoms with Crippen molar-refractivity contribution in [3.8, 4) is 0 Å². The molecule has 1 aromatic carbocycles. The van der Waals surface area contributed by atoms with E-state index in [1.807, 2.05) is 24.3 Å². The van der Waals surface area contributed by atoms with Gasteiger partial charge in [-0.15, -0.1) is 12.6 Å². The number of benzene rings is 1. The molecular formula is C11H15NOS. The van der Waals surface area contributed by atoms with Crippen LogP contribution in [0.1, 0.15) is 24.2 Å². The summed E-state index contributed by atoms with van der Waals surface area (Å²) in [4.78, 5) is 13.1. The molecule has 14 heavy (non-hydrogen) atoms. The zero-order valence-corrected chi connectivity index (χ0v) is 9.42. The molecule has 0 unspecified atom stereocenters. The molecular weight excluding hydrogens is 194 g/mol. The van der Waals surface area contributed by atoms with Gasteiger partial charge in [-0.25, -0.2) is 0 Å². The number of hydrogen-bond donors (Lipinski definition) is 1. The number of carbonyl (C=O) groups excluding carboxylic acids is 1. The molecule has 0 saturated heterocycles. The van der Waals surface area contributed by atoms with Crippen LogP contribution in [0.25, 0.3) is 0 Å². The number of carbonyl (C=O) groups is 1. The molecule has 76 valence electrons. The number of thiol groups is 1. The third kappa shape index (κ3) is 2.51. The van der Waals surface area contributed by atoms with Gasteiger partial charge >= 0.3 is 0 Å². The van der Waals surface area contributed by atoms with Gasteiger partial charge in [0.2, 0.25) is 5.12 Å². The van der Waals surface area contributed by atoms with Crippen LogP contribution in [0, 0.1) is 0 Å². The van der Waals surface area contributed by atoms with Gasteiger partial charge in [0.1, 0.15) is 0 Å². The molecule has 0 aliphatic carbocycles. The van der Waals surface area contributed by atoms with Crippen molar-refractivity contribution in [3.63, 3.8) is 0 Å². The highest BCUT2D eigenvalue weighted by Gasteiger charge is 2.03. The Bertz CT molecular complexity index is 304. The molecule has 0 aromatic heterocycles. The molecule has 0 fully saturated rings. The van der Waals surface area contributed by atoms with Gasteiger partial charge in [-0.1, -0.05) is 0 Å². The van der Waals surface area contributed by atoms with Crippen LogP contribution >= 0.6 is 12.6 Å². The van der Waals surface area contributed by atoms with Gasteiger partial charge in [0, 0.05) is 24.3 Å². The molecule has 0 amide bonds. The van der Waals surface area contributed by atoms with Gasteiger partial charge < -0.3 is 4.90 Å². The number of rotatable bonds is 4. The predicted molar refractivity (Wildman–Crippen MR) is 63.3 cm³/mol. The summed E-state index contributed by atoms with van der Waals surface area (Å²) in [5, 5.41) is -0.184. The summed E-state index contributed by atoms with van der Waals surface area (Å²) >= 11 is 3.77. The summed E-state index contributed by atoms with van der Waals surface area (Å²) < 4.78 is 0. The molecule has 0 saturated carbocycles. The second kappa shape index (κ2) is 5.05. The maximum Gasteiger partial charge on any atom is 0.216 e. The van der Waals surface area contributed by atoms with Crippen LogP contribution < -0.4 is 4.90 Å². The Kier molecular flexibility index (Phi) is 4.01. The maximum absolute atomic E-state index is 10.9. The minimum atomic E-state index is -0.184. The quantitative estimate of drug-likeness (QED) is 0.769. The van der Waals surface area contributed by atoms with Gasteiger partial charge in [-0.05, 0) is 38.1 Å². The van der Waals surface area contributed by atoms with Crippen molar-refractivity contribution in [3.05, 3.63) is 29.8 Å². The first kappa shape index (κ1) is 11.1. The van der Waals surface area contributed by atoms with Crippen LogP contribution in [0.4, 0.5) is 5.69 Å². The lowest BCUT2D eigenvalue weighted by atomic mass is 10.2. The van der Waals surface area contributed by atoms with Crippen LogP contribution in [-0.2, 0) is 0 Å². The van der Waals surface area contributed by atoms with E-state index >= 15 is 0 Å². The summed E-state index contributed by atoms with van der Waals surface area (Å²) in [6, 6.07) is 7.53. The van der Waals surface area contributed by atoms with E-state index in [9.17, 15) is 4.79 Å². The number of anilines is 1. The molecule has 0 aliphatic heterocycles. The molecule has 0 bridgehead atoms. The zero-order chi connectivity index (χ0) is 10.6. The van der Waals surface area contributed by atoms with Gasteiger partial charge in [0.25, 0.3) is 0 Å². The van der Waals surface area contributed by atoms with Crippen molar-refractivity contribution in [1.82, 2.24) is 0 Å². The van der Waals surface area contributed by atoms with Crippen molar-refractivity contribution in [2.75, 3.05) is 18.0 Å². The lowest BCUT2D eigenvalue weighted by molar-refractivity contribution is 0.109. The first-order valence-electron chi connectivity index (χ1n) is 4.77. The second-order valence-corrected chi connectivity index (χ2v) is 3.43. The van der Waals surface area contributed by atoms with E-state index in [1.54, 1.807) is 0 Å². The highest BCUT2D eigenvalue weighted by molar-refractivity contribution is 7.97. The van der Waals surface area contributed by atoms with Crippen LogP contribution in [0.15, 0.2) is 24.3 Å². The normalized spacial score (nSPS) is 9.93. The lowest BCUT2D eigenvalue weighted by Crippen LogP contribution is -2.21. The van der Waals surface area contributed by atoms with E-state index in [1.165, 1.54) is 0 Å². The Morgan fingerprint density at radius 2 is 1.71 bits per heavy atom. The molecule has 0 radical (unpaired) electrons. The van der Waals surface area contributed by atoms with E-state index in [0.717, 1.165) is 18.8 Å². The first-order valence-corrected chi connectivity index (χ1v) is 5.22. The van der Waals surface area contributed by atoms with Crippen molar-refractivity contribution in [2.45, 2.75) is 13.8 Å². The Hall–Kier alpha value is -0.960. The highest BCUT2D eigenvalue weighted by Crippen LogP contribution is 2.15. The minimum absolute atomic E-state index is 0.184. The molecule has 0 heterocycles. The minimum Gasteiger partial charge on any atom is -0.372 e. The second-order valence-electron chi connectivity index (χ2n) is 3.02. The molecule has 1 aromatic rings. The van der Waals surface area contributed by atoms with Crippen LogP contribution in [-0.4, -0.2) is 18.2 Å². The van der Waals surface area contributed by atoms with Crippen LogP contribution in [0.3, 0.4) is 0 Å². The Morgan fingerprint density at radius 1 is 1.21 bits per heavy atom. The van der Waals surface area contributed by atoms with E-state index in [0.29, 0.717) is 5.56 Å². The van der Waals surface area contributed by atoms with Crippen molar-refractivity contribution in [2.24, 2.45) is 0 Å². The summed E-state index contributed by atoms with van der Waals surface area (Å²) in [6.07, 6.45) is 0. The smallest absolute Gasteiger partial charge is 0.216 e. The molecule has 0 atom stereocenters. The third-order valence-electron chi connectivity index (χ3n) is 2.24. The predicted octanol–water partition coefficient (Wildman–Crippen LogP) is 2.60. The fourth-order valence-electron chi connectivity index (χ4n) is 1.40. The van der Waals surface area contributed by atoms with Crippen molar-refractivity contribution in [1.29, 1.82) is 0 Å². The fraction of sp³-hybridized carbons (Fsp3) is 0.364. The molecule has 3 heteroatoms. The largest absolute Gasteiger partial charge is 0.372 e. The Balaban J connectivity index is 2.87. The maximum atomic E-state index is 10.9. The van der Waals surface area contributed by atoms with E-state index in [4.69, 9.17) is 0 Å². The third-order valence-corrected chi connectivity index (χ3v) is 2.50. The Labute approximate surface area is 90.3 Å². The average Bonchev–Trinajstić information content (AvgIpc) is 2.20. The molecule has 0 spiro atoms. The molecule has 1 rings (SSSR count). The number of nitrogens with zero attached hydrogens (tertiary/aromatic N) is 1. The standard InChI is InChI=1S/C11H15NOS/c1-3-12(4-2)10-7-5-9(6-8-10)11(13)14/h5-8H,3-4H2,1-2H3,(H,13,14). The summed E-state index contributed by atoms with van der Waals surface area (Å²) in [5.41, 5.74) is 1.79. The van der Waals surface area contributed by atoms with Crippen molar-refractivity contribution >= 4 is 23.4 Å². The monoisotopic (exact) mass is 209 g/mol. The zero-order valence-electron chi connectivity index (χ0n) is 8.53. The summed E-state index contributed by atoms with van der Waals surface area (Å²) in [7, 11) is 0. The van der Waals surface area contributed by atoms with E-state index in [2.05, 4.69) is 31.4 Å². The lowest BCUT2D eigenvalue weighted by Gasteiger charge is -2.20. The SMILES string of the molecule is CCN(CC)c1ccc(C(=O)S)cc1. The van der Waals surface area contributed by atoms with Crippen LogP contribution in [0.5, 0.6) is 0 Å². The van der Waals surface area contributed by atoms with Gasteiger partial charge in [0.15, 0.2) is 0 Å².